The van der Waals surface area contributed by atoms with Crippen LogP contribution in [0.2, 0.25) is 0 Å². The van der Waals surface area contributed by atoms with Gasteiger partial charge in [-0.15, -0.1) is 0 Å². The van der Waals surface area contributed by atoms with Crippen molar-refractivity contribution >= 4 is 5.91 Å². The number of nitrogens with one attached hydrogen (secondary N) is 2. The van der Waals surface area contributed by atoms with E-state index in [0.717, 1.165) is 24.1 Å². The van der Waals surface area contributed by atoms with Crippen molar-refractivity contribution in [3.8, 4) is 5.75 Å². The number of hydrogen-bond donors (Lipinski definition) is 3. The largest absolute Gasteiger partial charge is 0.508 e. The molecule has 1 heterocycles. The first kappa shape index (κ1) is 13.6. The summed E-state index contributed by atoms with van der Waals surface area (Å²) >= 11 is 0. The molecule has 21 heavy (non-hydrogen) atoms. The number of fused-ring (bicyclic) bond motifs is 1. The molecule has 1 atom stereocenters. The molecule has 0 aliphatic carbocycles. The molecule has 4 nitrogen and oxygen atoms in total. The Labute approximate surface area is 123 Å². The molecule has 2 aromatic rings. The van der Waals surface area contributed by atoms with Crippen LogP contribution in [0.4, 0.5) is 0 Å². The number of carbonyl (C=O) groups is 1. The summed E-state index contributed by atoms with van der Waals surface area (Å²) in [5, 5.41) is 15.9. The number of rotatable bonds is 3. The number of phenols is 1. The van der Waals surface area contributed by atoms with Gasteiger partial charge in [-0.25, -0.2) is 0 Å². The Bertz CT molecular complexity index is 655. The van der Waals surface area contributed by atoms with Crippen molar-refractivity contribution in [1.82, 2.24) is 10.6 Å². The van der Waals surface area contributed by atoms with Gasteiger partial charge >= 0.3 is 0 Å². The summed E-state index contributed by atoms with van der Waals surface area (Å²) in [6.45, 7) is 1.12. The molecule has 1 unspecified atom stereocenters. The van der Waals surface area contributed by atoms with Crippen molar-refractivity contribution in [3.63, 3.8) is 0 Å². The molecule has 1 amide bonds. The Balaban J connectivity index is 1.71. The number of phenolic OH excluding ortho intramolecular Hbond substituents is 1. The summed E-state index contributed by atoms with van der Waals surface area (Å²) in [7, 11) is 0. The van der Waals surface area contributed by atoms with Crippen molar-refractivity contribution in [2.45, 2.75) is 19.0 Å². The van der Waals surface area contributed by atoms with E-state index in [2.05, 4.69) is 16.7 Å². The topological polar surface area (TPSA) is 61.4 Å². The van der Waals surface area contributed by atoms with Crippen LogP contribution in [0.1, 0.15) is 22.7 Å². The number of para-hydroxylation sites is 1. The van der Waals surface area contributed by atoms with E-state index in [1.165, 1.54) is 5.56 Å². The maximum atomic E-state index is 12.4. The van der Waals surface area contributed by atoms with Crippen molar-refractivity contribution in [1.29, 1.82) is 0 Å². The smallest absolute Gasteiger partial charge is 0.242 e. The van der Waals surface area contributed by atoms with Gasteiger partial charge in [0.1, 0.15) is 11.8 Å². The van der Waals surface area contributed by atoms with Crippen molar-refractivity contribution in [3.05, 3.63) is 65.2 Å². The molecule has 3 rings (SSSR count). The van der Waals surface area contributed by atoms with Gasteiger partial charge in [-0.2, -0.15) is 0 Å². The molecule has 0 aromatic heterocycles. The lowest BCUT2D eigenvalue weighted by Gasteiger charge is -2.26. The second-order valence-electron chi connectivity index (χ2n) is 5.18. The molecule has 3 N–H and O–H groups in total. The van der Waals surface area contributed by atoms with Crippen molar-refractivity contribution in [2.24, 2.45) is 0 Å². The molecule has 1 aliphatic heterocycles. The highest BCUT2D eigenvalue weighted by Gasteiger charge is 2.25. The second-order valence-corrected chi connectivity index (χ2v) is 5.18. The summed E-state index contributed by atoms with van der Waals surface area (Å²) in [5.41, 5.74) is 2.98. The molecule has 1 aliphatic rings. The van der Waals surface area contributed by atoms with Crippen LogP contribution >= 0.6 is 0 Å². The minimum Gasteiger partial charge on any atom is -0.508 e. The summed E-state index contributed by atoms with van der Waals surface area (Å²) in [6, 6.07) is 14.7. The van der Waals surface area contributed by atoms with Gasteiger partial charge in [-0.1, -0.05) is 42.5 Å². The first-order valence-electron chi connectivity index (χ1n) is 7.11. The quantitative estimate of drug-likeness (QED) is 0.805. The van der Waals surface area contributed by atoms with E-state index in [4.69, 9.17) is 0 Å². The third kappa shape index (κ3) is 2.90. The number of amides is 1. The fraction of sp³-hybridized carbons (Fsp3) is 0.235. The second kappa shape index (κ2) is 5.97. The van der Waals surface area contributed by atoms with Crippen LogP contribution in [0.15, 0.2) is 48.5 Å². The van der Waals surface area contributed by atoms with E-state index in [-0.39, 0.29) is 17.7 Å². The van der Waals surface area contributed by atoms with E-state index in [9.17, 15) is 9.90 Å². The molecule has 0 radical (unpaired) electrons. The summed E-state index contributed by atoms with van der Waals surface area (Å²) < 4.78 is 0. The highest BCUT2D eigenvalue weighted by Crippen LogP contribution is 2.23. The summed E-state index contributed by atoms with van der Waals surface area (Å²) in [4.78, 5) is 12.4. The van der Waals surface area contributed by atoms with Crippen LogP contribution in [0.5, 0.6) is 5.75 Å². The van der Waals surface area contributed by atoms with E-state index in [0.29, 0.717) is 6.54 Å². The van der Waals surface area contributed by atoms with E-state index >= 15 is 0 Å². The van der Waals surface area contributed by atoms with Gasteiger partial charge in [-0.3, -0.25) is 4.79 Å². The first-order chi connectivity index (χ1) is 10.3. The SMILES string of the molecule is O=C(NCc1ccccc1O)C1NCCc2ccccc21. The lowest BCUT2D eigenvalue weighted by Crippen LogP contribution is -2.41. The first-order valence-corrected chi connectivity index (χ1v) is 7.11. The Morgan fingerprint density at radius 3 is 2.81 bits per heavy atom. The predicted molar refractivity (Wildman–Crippen MR) is 80.8 cm³/mol. The molecule has 0 saturated carbocycles. The standard InChI is InChI=1S/C17H18N2O2/c20-15-8-4-2-6-13(15)11-19-17(21)16-14-7-3-1-5-12(14)9-10-18-16/h1-8,16,18,20H,9-11H2,(H,19,21). The lowest BCUT2D eigenvalue weighted by atomic mass is 9.94. The zero-order valence-corrected chi connectivity index (χ0v) is 11.7. The van der Waals surface area contributed by atoms with Crippen molar-refractivity contribution < 1.29 is 9.90 Å². The average Bonchev–Trinajstić information content (AvgIpc) is 2.53. The van der Waals surface area contributed by atoms with Crippen LogP contribution in [-0.2, 0) is 17.8 Å². The number of benzene rings is 2. The lowest BCUT2D eigenvalue weighted by molar-refractivity contribution is -0.123. The van der Waals surface area contributed by atoms with Crippen LogP contribution < -0.4 is 10.6 Å². The van der Waals surface area contributed by atoms with Crippen LogP contribution in [0.3, 0.4) is 0 Å². The highest BCUT2D eigenvalue weighted by molar-refractivity contribution is 5.84. The number of aromatic hydroxyl groups is 1. The Morgan fingerprint density at radius 1 is 1.19 bits per heavy atom. The molecule has 108 valence electrons. The summed E-state index contributed by atoms with van der Waals surface area (Å²) in [6.07, 6.45) is 0.944. The minimum absolute atomic E-state index is 0.0644. The Morgan fingerprint density at radius 2 is 1.95 bits per heavy atom. The molecule has 4 heteroatoms. The molecule has 0 saturated heterocycles. The maximum absolute atomic E-state index is 12.4. The molecular weight excluding hydrogens is 264 g/mol. The van der Waals surface area contributed by atoms with Gasteiger partial charge in [0.15, 0.2) is 0 Å². The third-order valence-electron chi connectivity index (χ3n) is 3.82. The fourth-order valence-electron chi connectivity index (χ4n) is 2.68. The van der Waals surface area contributed by atoms with Gasteiger partial charge in [0, 0.05) is 18.7 Å². The predicted octanol–water partition coefficient (Wildman–Crippen LogP) is 1.90. The molecular formula is C17H18N2O2. The van der Waals surface area contributed by atoms with Gasteiger partial charge in [0.2, 0.25) is 5.91 Å². The van der Waals surface area contributed by atoms with Crippen LogP contribution in [-0.4, -0.2) is 17.6 Å². The number of carbonyl (C=O) groups excluding carboxylic acids is 1. The van der Waals surface area contributed by atoms with E-state index < -0.39 is 0 Å². The molecule has 0 spiro atoms. The average molecular weight is 282 g/mol. The van der Waals surface area contributed by atoms with E-state index in [1.54, 1.807) is 18.2 Å². The zero-order valence-electron chi connectivity index (χ0n) is 11.7. The Kier molecular flexibility index (Phi) is 3.88. The molecule has 2 aromatic carbocycles. The van der Waals surface area contributed by atoms with E-state index in [1.807, 2.05) is 24.3 Å². The van der Waals surface area contributed by atoms with Gasteiger partial charge in [-0.05, 0) is 23.6 Å². The maximum Gasteiger partial charge on any atom is 0.242 e. The van der Waals surface area contributed by atoms with Gasteiger partial charge in [0.05, 0.1) is 0 Å². The van der Waals surface area contributed by atoms with Gasteiger partial charge in [0.25, 0.3) is 0 Å². The van der Waals surface area contributed by atoms with Crippen LogP contribution in [0, 0.1) is 0 Å². The minimum atomic E-state index is -0.319. The summed E-state index contributed by atoms with van der Waals surface area (Å²) in [5.74, 6) is 0.139. The monoisotopic (exact) mass is 282 g/mol. The molecule has 0 bridgehead atoms. The Hall–Kier alpha value is -2.33. The normalized spacial score (nSPS) is 17.0. The third-order valence-corrected chi connectivity index (χ3v) is 3.82. The van der Waals surface area contributed by atoms with Crippen molar-refractivity contribution in [2.75, 3.05) is 6.54 Å². The fourth-order valence-corrected chi connectivity index (χ4v) is 2.68. The van der Waals surface area contributed by atoms with Gasteiger partial charge < -0.3 is 15.7 Å². The highest BCUT2D eigenvalue weighted by atomic mass is 16.3. The number of hydrogen-bond acceptors (Lipinski definition) is 3. The zero-order chi connectivity index (χ0) is 14.7. The molecule has 0 fully saturated rings. The van der Waals surface area contributed by atoms with Crippen LogP contribution in [0.25, 0.3) is 0 Å².